The zero-order chi connectivity index (χ0) is 40.9. The van der Waals surface area contributed by atoms with E-state index in [4.69, 9.17) is 27.9 Å². The van der Waals surface area contributed by atoms with Gasteiger partial charge in [0.2, 0.25) is 6.79 Å². The van der Waals surface area contributed by atoms with E-state index in [0.717, 1.165) is 16.7 Å². The van der Waals surface area contributed by atoms with Gasteiger partial charge in [-0.2, -0.15) is 8.42 Å². The summed E-state index contributed by atoms with van der Waals surface area (Å²) in [6, 6.07) is 16.6. The van der Waals surface area contributed by atoms with E-state index in [1.165, 1.54) is 17.0 Å². The molecular weight excluding hydrogens is 816 g/mol. The molecule has 2 heterocycles. The number of carbonyl (C=O) groups excluding carboxylic acids is 2. The van der Waals surface area contributed by atoms with E-state index in [1.807, 2.05) is 64.1 Å². The smallest absolute Gasteiger partial charge is 0.415 e. The van der Waals surface area contributed by atoms with E-state index in [1.54, 1.807) is 44.9 Å². The van der Waals surface area contributed by atoms with Crippen LogP contribution in [0.15, 0.2) is 75.7 Å². The molecule has 4 aromatic carbocycles. The van der Waals surface area contributed by atoms with Gasteiger partial charge in [0.25, 0.3) is 5.91 Å². The highest BCUT2D eigenvalue weighted by molar-refractivity contribution is 9.10. The third-order valence-corrected chi connectivity index (χ3v) is 12.4. The zero-order valence-electron chi connectivity index (χ0n) is 33.1. The molecule has 1 aliphatic carbocycles. The summed E-state index contributed by atoms with van der Waals surface area (Å²) in [7, 11) is -2.78. The van der Waals surface area contributed by atoms with Gasteiger partial charge in [-0.3, -0.25) is 9.69 Å². The van der Waals surface area contributed by atoms with Crippen molar-refractivity contribution in [3.8, 4) is 28.7 Å². The summed E-state index contributed by atoms with van der Waals surface area (Å²) in [5, 5.41) is 0. The summed E-state index contributed by atoms with van der Waals surface area (Å²) >= 11 is 3.76. The van der Waals surface area contributed by atoms with Gasteiger partial charge in [0.15, 0.2) is 28.7 Å². The molecule has 1 unspecified atom stereocenters. The second-order valence-corrected chi connectivity index (χ2v) is 17.1. The van der Waals surface area contributed by atoms with E-state index in [9.17, 15) is 13.2 Å². The second-order valence-electron chi connectivity index (χ2n) is 14.8. The minimum absolute atomic E-state index is 0.0288. The van der Waals surface area contributed by atoms with Crippen molar-refractivity contribution >= 4 is 43.7 Å². The number of aryl methyl sites for hydroxylation is 1. The Morgan fingerprint density at radius 3 is 2.26 bits per heavy atom. The number of benzene rings is 4. The highest BCUT2D eigenvalue weighted by atomic mass is 79.9. The average molecular weight is 862 g/mol. The molecule has 14 heteroatoms. The molecule has 2 amide bonds. The fraction of sp³-hybridized carbons (Fsp3) is 0.349. The molecule has 1 atom stereocenters. The van der Waals surface area contributed by atoms with Crippen LogP contribution in [-0.2, 0) is 39.0 Å². The normalized spacial score (nSPS) is 16.0. The SMILES string of the molecule is COc1c(OC(C)C)cc(CC2C(=O)N(Cc3ccccc3)C3=C(c4c(c(OS(=O)(=O)c5ccc(C)cc5)c(C)c5c4OCO5)C3)N2C(=O)OC(C)C)c(Br)c1C. The summed E-state index contributed by atoms with van der Waals surface area (Å²) in [5.74, 6) is 1.30. The molecular formula is C43H45BrN2O10S. The second kappa shape index (κ2) is 15.6. The first-order valence-corrected chi connectivity index (χ1v) is 20.9. The number of carbonyl (C=O) groups is 2. The highest BCUT2D eigenvalue weighted by Gasteiger charge is 2.50. The quantitative estimate of drug-likeness (QED) is 0.136. The van der Waals surface area contributed by atoms with Gasteiger partial charge in [0.05, 0.1) is 42.8 Å². The maximum atomic E-state index is 15.2. The van der Waals surface area contributed by atoms with Crippen molar-refractivity contribution in [1.82, 2.24) is 9.80 Å². The number of hydrogen-bond donors (Lipinski definition) is 0. The van der Waals surface area contributed by atoms with Crippen molar-refractivity contribution in [3.05, 3.63) is 110 Å². The molecule has 0 aromatic heterocycles. The number of amides is 2. The van der Waals surface area contributed by atoms with E-state index in [0.29, 0.717) is 55.4 Å². The van der Waals surface area contributed by atoms with Crippen molar-refractivity contribution < 1.29 is 45.9 Å². The molecule has 0 saturated carbocycles. The number of halogens is 1. The minimum atomic E-state index is -4.35. The van der Waals surface area contributed by atoms with Crippen LogP contribution in [0.2, 0.25) is 0 Å². The van der Waals surface area contributed by atoms with E-state index < -0.39 is 28.4 Å². The van der Waals surface area contributed by atoms with Crippen LogP contribution in [-0.4, -0.2) is 62.4 Å². The third kappa shape index (κ3) is 7.40. The van der Waals surface area contributed by atoms with Crippen molar-refractivity contribution in [1.29, 1.82) is 0 Å². The van der Waals surface area contributed by atoms with Crippen LogP contribution in [0.5, 0.6) is 28.7 Å². The molecule has 3 aliphatic rings. The topological polar surface area (TPSA) is 130 Å². The van der Waals surface area contributed by atoms with Crippen LogP contribution in [0.4, 0.5) is 4.79 Å². The number of fused-ring (bicyclic) bond motifs is 4. The van der Waals surface area contributed by atoms with Gasteiger partial charge in [0, 0.05) is 34.0 Å². The molecule has 0 saturated heterocycles. The number of ether oxygens (including phenoxy) is 5. The summed E-state index contributed by atoms with van der Waals surface area (Å²) in [5.41, 5.74) is 5.21. The van der Waals surface area contributed by atoms with Gasteiger partial charge in [-0.1, -0.05) is 64.0 Å². The lowest BCUT2D eigenvalue weighted by molar-refractivity contribution is -0.135. The Hall–Kier alpha value is -5.21. The average Bonchev–Trinajstić information content (AvgIpc) is 3.80. The minimum Gasteiger partial charge on any atom is -0.493 e. The van der Waals surface area contributed by atoms with Gasteiger partial charge in [-0.25, -0.2) is 4.79 Å². The summed E-state index contributed by atoms with van der Waals surface area (Å²) in [4.78, 5) is 32.8. The van der Waals surface area contributed by atoms with E-state index in [2.05, 4.69) is 15.9 Å². The summed E-state index contributed by atoms with van der Waals surface area (Å²) in [6.07, 6.45) is -1.39. The number of allylic oxidation sites excluding steroid dienone is 1. The molecule has 4 aromatic rings. The molecule has 0 spiro atoms. The monoisotopic (exact) mass is 860 g/mol. The van der Waals surface area contributed by atoms with Gasteiger partial charge in [0.1, 0.15) is 10.9 Å². The summed E-state index contributed by atoms with van der Waals surface area (Å²) < 4.78 is 64.4. The van der Waals surface area contributed by atoms with Gasteiger partial charge < -0.3 is 32.8 Å². The molecule has 7 rings (SSSR count). The van der Waals surface area contributed by atoms with Crippen molar-refractivity contribution in [2.24, 2.45) is 0 Å². The maximum Gasteiger partial charge on any atom is 0.415 e. The van der Waals surface area contributed by atoms with Gasteiger partial charge >= 0.3 is 16.2 Å². The molecule has 57 heavy (non-hydrogen) atoms. The van der Waals surface area contributed by atoms with Crippen LogP contribution in [0.3, 0.4) is 0 Å². The molecule has 300 valence electrons. The van der Waals surface area contributed by atoms with Crippen molar-refractivity contribution in [2.45, 2.75) is 91.0 Å². The Morgan fingerprint density at radius 2 is 1.61 bits per heavy atom. The molecule has 2 aliphatic heterocycles. The molecule has 12 nitrogen and oxygen atoms in total. The Bertz CT molecular complexity index is 2400. The first-order valence-electron chi connectivity index (χ1n) is 18.7. The number of nitrogens with zero attached hydrogens (tertiary/aromatic N) is 2. The molecule has 0 radical (unpaired) electrons. The fourth-order valence-electron chi connectivity index (χ4n) is 7.53. The number of rotatable bonds is 11. The maximum absolute atomic E-state index is 15.2. The Morgan fingerprint density at radius 1 is 0.930 bits per heavy atom. The lowest BCUT2D eigenvalue weighted by Gasteiger charge is -2.41. The number of methoxy groups -OCH3 is 1. The number of hydrogen-bond acceptors (Lipinski definition) is 10. The highest BCUT2D eigenvalue weighted by Crippen LogP contribution is 2.56. The molecule has 0 bridgehead atoms. The Labute approximate surface area is 341 Å². The van der Waals surface area contributed by atoms with Crippen LogP contribution < -0.4 is 23.1 Å². The van der Waals surface area contributed by atoms with Crippen LogP contribution in [0.1, 0.15) is 66.6 Å². The lowest BCUT2D eigenvalue weighted by atomic mass is 9.96. The van der Waals surface area contributed by atoms with Gasteiger partial charge in [-0.05, 0) is 77.8 Å². The Balaban J connectivity index is 1.45. The standard InChI is InChI=1S/C43H45BrN2O10S/c1-23(2)54-34-19-29(36(44)26(6)39(34)51-8)18-33-42(47)45(21-28-12-10-9-11-13-28)32-20-31-35(37(32)46(33)43(48)55-24(3)4)41-40(52-22-53-41)27(7)38(31)56-57(49,50)30-16-14-25(5)15-17-30/h9-17,19,23-24,33H,18,20-22H2,1-8H3. The summed E-state index contributed by atoms with van der Waals surface area (Å²) in [6.45, 7) is 12.8. The zero-order valence-corrected chi connectivity index (χ0v) is 35.5. The van der Waals surface area contributed by atoms with E-state index in [-0.39, 0.29) is 54.6 Å². The van der Waals surface area contributed by atoms with E-state index >= 15 is 4.79 Å². The fourth-order valence-corrected chi connectivity index (χ4v) is 9.00. The predicted molar refractivity (Wildman–Crippen MR) is 216 cm³/mol. The molecule has 0 N–H and O–H groups in total. The predicted octanol–water partition coefficient (Wildman–Crippen LogP) is 8.39. The Kier molecular flexibility index (Phi) is 11.0. The first-order chi connectivity index (χ1) is 27.1. The van der Waals surface area contributed by atoms with Crippen LogP contribution in [0, 0.1) is 20.8 Å². The molecule has 0 fully saturated rings. The first kappa shape index (κ1) is 40.0. The van der Waals surface area contributed by atoms with Crippen LogP contribution in [0.25, 0.3) is 5.70 Å². The largest absolute Gasteiger partial charge is 0.493 e. The van der Waals surface area contributed by atoms with Gasteiger partial charge in [-0.15, -0.1) is 0 Å². The lowest BCUT2D eigenvalue weighted by Crippen LogP contribution is -2.55. The van der Waals surface area contributed by atoms with Crippen molar-refractivity contribution in [3.63, 3.8) is 0 Å². The van der Waals surface area contributed by atoms with Crippen molar-refractivity contribution in [2.75, 3.05) is 13.9 Å². The van der Waals surface area contributed by atoms with Crippen LogP contribution >= 0.6 is 15.9 Å². The third-order valence-electron chi connectivity index (χ3n) is 10.1.